The zero-order valence-corrected chi connectivity index (χ0v) is 16.4. The molecule has 0 aliphatic rings. The van der Waals surface area contributed by atoms with Gasteiger partial charge in [-0.25, -0.2) is 0 Å². The number of carbonyl (C=O) groups excluding carboxylic acids is 2. The number of ether oxygens (including phenoxy) is 1. The minimum absolute atomic E-state index is 0.00545. The summed E-state index contributed by atoms with van der Waals surface area (Å²) in [6.45, 7) is 4.42. The first kappa shape index (κ1) is 18.7. The van der Waals surface area contributed by atoms with E-state index in [2.05, 4.69) is 28.9 Å². The largest absolute Gasteiger partial charge is 0.484 e. The smallest absolute Gasteiger partial charge is 0.262 e. The number of anilines is 1. The number of benzene rings is 3. The lowest BCUT2D eigenvalue weighted by Crippen LogP contribution is -2.20. The van der Waals surface area contributed by atoms with Crippen molar-refractivity contribution < 1.29 is 14.3 Å². The van der Waals surface area contributed by atoms with Gasteiger partial charge in [-0.05, 0) is 62.4 Å². The van der Waals surface area contributed by atoms with Crippen molar-refractivity contribution in [3.8, 4) is 5.75 Å². The number of carbonyl (C=O) groups is 2. The quantitative estimate of drug-likeness (QED) is 0.473. The second-order valence-electron chi connectivity index (χ2n) is 6.91. The molecule has 5 heteroatoms. The molecule has 0 unspecified atom stereocenters. The number of Topliss-reactive ketones (excluding diaryl/α,β-unsaturated/α-hetero) is 1. The van der Waals surface area contributed by atoms with Crippen molar-refractivity contribution in [2.24, 2.45) is 0 Å². The molecule has 0 fully saturated rings. The molecule has 0 radical (unpaired) electrons. The lowest BCUT2D eigenvalue weighted by Gasteiger charge is -2.09. The lowest BCUT2D eigenvalue weighted by atomic mass is 10.1. The highest BCUT2D eigenvalue weighted by molar-refractivity contribution is 6.09. The summed E-state index contributed by atoms with van der Waals surface area (Å²) in [5.41, 5.74) is 3.68. The van der Waals surface area contributed by atoms with Gasteiger partial charge in [-0.3, -0.25) is 9.59 Å². The van der Waals surface area contributed by atoms with Gasteiger partial charge in [0.1, 0.15) is 5.75 Å². The van der Waals surface area contributed by atoms with E-state index in [1.54, 1.807) is 24.3 Å². The Morgan fingerprint density at radius 1 is 0.931 bits per heavy atom. The van der Waals surface area contributed by atoms with Crippen molar-refractivity contribution in [1.82, 2.24) is 4.57 Å². The molecule has 3 aromatic carbocycles. The Morgan fingerprint density at radius 3 is 2.38 bits per heavy atom. The molecule has 0 spiro atoms. The Hall–Kier alpha value is -3.60. The van der Waals surface area contributed by atoms with Crippen LogP contribution in [0.15, 0.2) is 66.7 Å². The molecule has 1 N–H and O–H groups in total. The average molecular weight is 386 g/mol. The Bertz CT molecular complexity index is 1210. The summed E-state index contributed by atoms with van der Waals surface area (Å²) in [6.07, 6.45) is 0. The van der Waals surface area contributed by atoms with Gasteiger partial charge < -0.3 is 14.6 Å². The summed E-state index contributed by atoms with van der Waals surface area (Å²) in [6, 6.07) is 21.0. The van der Waals surface area contributed by atoms with E-state index >= 15 is 0 Å². The van der Waals surface area contributed by atoms with Crippen LogP contribution < -0.4 is 10.1 Å². The van der Waals surface area contributed by atoms with Crippen LogP contribution in [0.3, 0.4) is 0 Å². The second-order valence-corrected chi connectivity index (χ2v) is 6.91. The van der Waals surface area contributed by atoms with Gasteiger partial charge in [-0.2, -0.15) is 0 Å². The Balaban J connectivity index is 1.49. The lowest BCUT2D eigenvalue weighted by molar-refractivity contribution is -0.118. The third-order valence-electron chi connectivity index (χ3n) is 5.00. The van der Waals surface area contributed by atoms with E-state index in [1.165, 1.54) is 17.8 Å². The molecule has 1 amide bonds. The van der Waals surface area contributed by atoms with E-state index in [4.69, 9.17) is 4.74 Å². The molecule has 0 saturated heterocycles. The van der Waals surface area contributed by atoms with E-state index in [0.717, 1.165) is 23.1 Å². The van der Waals surface area contributed by atoms with Crippen LogP contribution >= 0.6 is 0 Å². The molecule has 1 aromatic heterocycles. The number of nitrogens with one attached hydrogen (secondary N) is 1. The molecular weight excluding hydrogens is 364 g/mol. The van der Waals surface area contributed by atoms with E-state index < -0.39 is 0 Å². The molecule has 4 aromatic rings. The van der Waals surface area contributed by atoms with Crippen LogP contribution in [0.5, 0.6) is 5.75 Å². The number of hydrogen-bond acceptors (Lipinski definition) is 3. The zero-order chi connectivity index (χ0) is 20.4. The van der Waals surface area contributed by atoms with Crippen LogP contribution in [-0.2, 0) is 11.3 Å². The van der Waals surface area contributed by atoms with Gasteiger partial charge in [-0.1, -0.05) is 18.2 Å². The normalized spacial score (nSPS) is 11.0. The number of para-hydroxylation sites is 1. The van der Waals surface area contributed by atoms with Crippen LogP contribution in [-0.4, -0.2) is 22.9 Å². The minimum atomic E-state index is -0.237. The third kappa shape index (κ3) is 3.72. The van der Waals surface area contributed by atoms with Crippen LogP contribution in [0.2, 0.25) is 0 Å². The number of nitrogens with zero attached hydrogens (tertiary/aromatic N) is 1. The van der Waals surface area contributed by atoms with Gasteiger partial charge in [0.25, 0.3) is 5.91 Å². The van der Waals surface area contributed by atoms with Crippen molar-refractivity contribution in [2.75, 3.05) is 11.9 Å². The van der Waals surface area contributed by atoms with Crippen molar-refractivity contribution in [3.63, 3.8) is 0 Å². The monoisotopic (exact) mass is 386 g/mol. The zero-order valence-electron chi connectivity index (χ0n) is 16.4. The van der Waals surface area contributed by atoms with Gasteiger partial charge in [-0.15, -0.1) is 0 Å². The van der Waals surface area contributed by atoms with Gasteiger partial charge in [0.05, 0.1) is 0 Å². The van der Waals surface area contributed by atoms with Crippen LogP contribution in [0.25, 0.3) is 21.8 Å². The fourth-order valence-electron chi connectivity index (χ4n) is 3.60. The second kappa shape index (κ2) is 7.80. The molecule has 0 bridgehead atoms. The van der Waals surface area contributed by atoms with Crippen molar-refractivity contribution >= 4 is 39.2 Å². The van der Waals surface area contributed by atoms with E-state index in [1.807, 2.05) is 30.3 Å². The maximum Gasteiger partial charge on any atom is 0.262 e. The number of ketones is 1. The van der Waals surface area contributed by atoms with E-state index in [-0.39, 0.29) is 18.3 Å². The number of fused-ring (bicyclic) bond motifs is 3. The first-order valence-corrected chi connectivity index (χ1v) is 9.61. The summed E-state index contributed by atoms with van der Waals surface area (Å²) in [5, 5.41) is 5.18. The maximum atomic E-state index is 12.3. The Kier molecular flexibility index (Phi) is 5.04. The fourth-order valence-corrected chi connectivity index (χ4v) is 3.60. The Labute approximate surface area is 168 Å². The van der Waals surface area contributed by atoms with Gasteiger partial charge in [0, 0.05) is 39.6 Å². The highest BCUT2D eigenvalue weighted by Crippen LogP contribution is 2.30. The highest BCUT2D eigenvalue weighted by atomic mass is 16.5. The average Bonchev–Trinajstić information content (AvgIpc) is 3.05. The summed E-state index contributed by atoms with van der Waals surface area (Å²) in [5.74, 6) is 0.306. The van der Waals surface area contributed by atoms with Crippen LogP contribution in [0, 0.1) is 0 Å². The molecule has 0 atom stereocenters. The van der Waals surface area contributed by atoms with E-state index in [9.17, 15) is 9.59 Å². The number of hydrogen-bond donors (Lipinski definition) is 1. The molecule has 0 aliphatic heterocycles. The minimum Gasteiger partial charge on any atom is -0.484 e. The van der Waals surface area contributed by atoms with Gasteiger partial charge in [0.2, 0.25) is 0 Å². The van der Waals surface area contributed by atoms with Crippen molar-refractivity contribution in [3.05, 3.63) is 72.3 Å². The Morgan fingerprint density at radius 2 is 1.66 bits per heavy atom. The molecule has 0 saturated carbocycles. The molecular formula is C24H22N2O3. The first-order chi connectivity index (χ1) is 14.1. The molecule has 0 aliphatic carbocycles. The molecule has 4 rings (SSSR count). The molecule has 146 valence electrons. The standard InChI is InChI=1S/C24H22N2O3/c1-3-26-22-7-5-4-6-20(22)21-14-18(10-13-23(21)26)25-24(28)15-29-19-11-8-17(9-12-19)16(2)27/h4-14H,3,15H2,1-2H3,(H,25,28). The van der Waals surface area contributed by atoms with Crippen LogP contribution in [0.4, 0.5) is 5.69 Å². The highest BCUT2D eigenvalue weighted by Gasteiger charge is 2.11. The number of rotatable bonds is 6. The van der Waals surface area contributed by atoms with Crippen molar-refractivity contribution in [1.29, 1.82) is 0 Å². The maximum absolute atomic E-state index is 12.3. The SMILES string of the molecule is CCn1c2ccccc2c2cc(NC(=O)COc3ccc(C(C)=O)cc3)ccc21. The fraction of sp³-hybridized carbons (Fsp3) is 0.167. The topological polar surface area (TPSA) is 60.3 Å². The van der Waals surface area contributed by atoms with E-state index in [0.29, 0.717) is 11.3 Å². The van der Waals surface area contributed by atoms with Crippen LogP contribution in [0.1, 0.15) is 24.2 Å². The molecule has 5 nitrogen and oxygen atoms in total. The molecule has 29 heavy (non-hydrogen) atoms. The third-order valence-corrected chi connectivity index (χ3v) is 5.00. The summed E-state index contributed by atoms with van der Waals surface area (Å²) in [4.78, 5) is 23.6. The summed E-state index contributed by atoms with van der Waals surface area (Å²) >= 11 is 0. The van der Waals surface area contributed by atoms with Gasteiger partial charge >= 0.3 is 0 Å². The number of aryl methyl sites for hydroxylation is 1. The predicted molar refractivity (Wildman–Crippen MR) is 116 cm³/mol. The molecule has 1 heterocycles. The summed E-state index contributed by atoms with van der Waals surface area (Å²) in [7, 11) is 0. The number of amides is 1. The first-order valence-electron chi connectivity index (χ1n) is 9.61. The number of aromatic nitrogens is 1. The van der Waals surface area contributed by atoms with Gasteiger partial charge in [0.15, 0.2) is 12.4 Å². The predicted octanol–water partition coefficient (Wildman–Crippen LogP) is 5.03. The summed E-state index contributed by atoms with van der Waals surface area (Å²) < 4.78 is 7.79. The van der Waals surface area contributed by atoms with Crippen molar-refractivity contribution in [2.45, 2.75) is 20.4 Å².